The molecule has 1 N–H and O–H groups in total. The van der Waals surface area contributed by atoms with Crippen molar-refractivity contribution in [2.75, 3.05) is 21.3 Å². The maximum Gasteiger partial charge on any atom is 0.220 e. The lowest BCUT2D eigenvalue weighted by Crippen LogP contribution is -2.23. The molecule has 0 saturated heterocycles. The lowest BCUT2D eigenvalue weighted by Gasteiger charge is -2.14. The first-order valence-corrected chi connectivity index (χ1v) is 7.63. The van der Waals surface area contributed by atoms with Crippen molar-refractivity contribution in [2.24, 2.45) is 0 Å². The van der Waals surface area contributed by atoms with Crippen LogP contribution in [0.3, 0.4) is 0 Å². The molecular weight excluding hydrogens is 308 g/mol. The molecule has 0 atom stereocenters. The Morgan fingerprint density at radius 1 is 1.08 bits per heavy atom. The monoisotopic (exact) mass is 330 g/mol. The van der Waals surface area contributed by atoms with Gasteiger partial charge >= 0.3 is 0 Å². The lowest BCUT2D eigenvalue weighted by molar-refractivity contribution is -0.121. The number of ether oxygens (including phenoxy) is 3. The number of methoxy groups -OCH3 is 3. The largest absolute Gasteiger partial charge is 0.493 e. The summed E-state index contributed by atoms with van der Waals surface area (Å²) in [6.45, 7) is 0.426. The molecule has 0 aliphatic rings. The van der Waals surface area contributed by atoms with Crippen molar-refractivity contribution in [3.05, 3.63) is 47.8 Å². The van der Waals surface area contributed by atoms with Crippen LogP contribution < -0.4 is 19.5 Å². The summed E-state index contributed by atoms with van der Waals surface area (Å²) < 4.78 is 15.9. The summed E-state index contributed by atoms with van der Waals surface area (Å²) in [7, 11) is 4.70. The molecule has 24 heavy (non-hydrogen) atoms. The van der Waals surface area contributed by atoms with Crippen molar-refractivity contribution < 1.29 is 19.0 Å². The van der Waals surface area contributed by atoms with Crippen LogP contribution in [0.5, 0.6) is 17.2 Å². The van der Waals surface area contributed by atoms with Gasteiger partial charge in [-0.2, -0.15) is 0 Å². The number of carbonyl (C=O) groups is 1. The molecule has 1 aromatic carbocycles. The number of hydrogen-bond donors (Lipinski definition) is 1. The molecule has 6 heteroatoms. The van der Waals surface area contributed by atoms with E-state index in [9.17, 15) is 4.79 Å². The predicted molar refractivity (Wildman–Crippen MR) is 90.5 cm³/mol. The van der Waals surface area contributed by atoms with Crippen LogP contribution in [0.4, 0.5) is 0 Å². The number of nitrogens with zero attached hydrogens (tertiary/aromatic N) is 1. The Morgan fingerprint density at radius 3 is 2.33 bits per heavy atom. The highest BCUT2D eigenvalue weighted by molar-refractivity contribution is 5.76. The topological polar surface area (TPSA) is 69.7 Å². The highest BCUT2D eigenvalue weighted by Crippen LogP contribution is 2.38. The third-order valence-corrected chi connectivity index (χ3v) is 3.56. The van der Waals surface area contributed by atoms with Gasteiger partial charge in [0.05, 0.1) is 33.6 Å². The molecule has 0 radical (unpaired) electrons. The minimum atomic E-state index is -0.0330. The molecule has 1 amide bonds. The van der Waals surface area contributed by atoms with Crippen LogP contribution in [-0.2, 0) is 17.8 Å². The van der Waals surface area contributed by atoms with Gasteiger partial charge in [-0.25, -0.2) is 0 Å². The standard InChI is InChI=1S/C18H22N2O4/c1-22-15-10-13(11-16(23-2)18(15)24-3)7-8-17(21)20-12-14-6-4-5-9-19-14/h4-6,9-11H,7-8,12H2,1-3H3,(H,20,21). The Labute approximate surface area is 141 Å². The van der Waals surface area contributed by atoms with Crippen LogP contribution in [0.15, 0.2) is 36.5 Å². The summed E-state index contributed by atoms with van der Waals surface area (Å²) in [5, 5.41) is 2.86. The van der Waals surface area contributed by atoms with Crippen molar-refractivity contribution in [1.82, 2.24) is 10.3 Å². The fourth-order valence-electron chi connectivity index (χ4n) is 2.32. The summed E-state index contributed by atoms with van der Waals surface area (Å²) >= 11 is 0. The number of benzene rings is 1. The van der Waals surface area contributed by atoms with Crippen LogP contribution in [0.1, 0.15) is 17.7 Å². The van der Waals surface area contributed by atoms with Crippen molar-refractivity contribution >= 4 is 5.91 Å². The predicted octanol–water partition coefficient (Wildman–Crippen LogP) is 2.36. The van der Waals surface area contributed by atoms with E-state index in [1.807, 2.05) is 30.3 Å². The third kappa shape index (κ3) is 4.62. The number of aryl methyl sites for hydroxylation is 1. The van der Waals surface area contributed by atoms with Crippen LogP contribution in [0, 0.1) is 0 Å². The molecule has 0 aliphatic heterocycles. The molecule has 0 fully saturated rings. The van der Waals surface area contributed by atoms with Gasteiger partial charge in [-0.1, -0.05) is 6.07 Å². The summed E-state index contributed by atoms with van der Waals surface area (Å²) in [5.74, 6) is 1.68. The first-order chi connectivity index (χ1) is 11.7. The molecule has 0 bridgehead atoms. The van der Waals surface area contributed by atoms with Crippen LogP contribution in [-0.4, -0.2) is 32.2 Å². The van der Waals surface area contributed by atoms with Gasteiger partial charge in [-0.15, -0.1) is 0 Å². The van der Waals surface area contributed by atoms with Crippen LogP contribution >= 0.6 is 0 Å². The fourth-order valence-corrected chi connectivity index (χ4v) is 2.32. The second-order valence-electron chi connectivity index (χ2n) is 5.13. The molecule has 0 saturated carbocycles. The first kappa shape index (κ1) is 17.6. The number of rotatable bonds is 8. The van der Waals surface area contributed by atoms with Crippen molar-refractivity contribution in [3.8, 4) is 17.2 Å². The molecule has 0 aliphatic carbocycles. The van der Waals surface area contributed by atoms with Gasteiger partial charge in [-0.3, -0.25) is 9.78 Å². The number of nitrogens with one attached hydrogen (secondary N) is 1. The molecule has 128 valence electrons. The van der Waals surface area contributed by atoms with Gasteiger partial charge < -0.3 is 19.5 Å². The van der Waals surface area contributed by atoms with Gasteiger partial charge in [0.15, 0.2) is 11.5 Å². The number of carbonyl (C=O) groups excluding carboxylic acids is 1. The van der Waals surface area contributed by atoms with E-state index >= 15 is 0 Å². The van der Waals surface area contributed by atoms with Crippen LogP contribution in [0.25, 0.3) is 0 Å². The normalized spacial score (nSPS) is 10.1. The minimum absolute atomic E-state index is 0.0330. The second kappa shape index (κ2) is 8.76. The summed E-state index contributed by atoms with van der Waals surface area (Å²) in [5.41, 5.74) is 1.77. The van der Waals surface area contributed by atoms with E-state index < -0.39 is 0 Å². The molecule has 1 heterocycles. The van der Waals surface area contributed by atoms with E-state index in [1.165, 1.54) is 0 Å². The maximum absolute atomic E-state index is 12.0. The smallest absolute Gasteiger partial charge is 0.220 e. The zero-order valence-electron chi connectivity index (χ0n) is 14.2. The van der Waals surface area contributed by atoms with Crippen molar-refractivity contribution in [3.63, 3.8) is 0 Å². The fraction of sp³-hybridized carbons (Fsp3) is 0.333. The zero-order chi connectivity index (χ0) is 17.4. The molecule has 2 aromatic rings. The number of amides is 1. The van der Waals surface area contributed by atoms with Gasteiger partial charge in [0.2, 0.25) is 11.7 Å². The molecule has 6 nitrogen and oxygen atoms in total. The van der Waals surface area contributed by atoms with Gasteiger partial charge in [0, 0.05) is 12.6 Å². The number of hydrogen-bond acceptors (Lipinski definition) is 5. The quantitative estimate of drug-likeness (QED) is 0.804. The van der Waals surface area contributed by atoms with Gasteiger partial charge in [0.25, 0.3) is 0 Å². The van der Waals surface area contributed by atoms with E-state index in [4.69, 9.17) is 14.2 Å². The Balaban J connectivity index is 1.94. The molecule has 0 unspecified atom stereocenters. The minimum Gasteiger partial charge on any atom is -0.493 e. The molecular formula is C18H22N2O4. The zero-order valence-corrected chi connectivity index (χ0v) is 14.2. The molecule has 2 rings (SSSR count). The summed E-state index contributed by atoms with van der Waals surface area (Å²) in [4.78, 5) is 16.2. The Hall–Kier alpha value is -2.76. The van der Waals surface area contributed by atoms with Crippen LogP contribution in [0.2, 0.25) is 0 Å². The number of pyridine rings is 1. The van der Waals surface area contributed by atoms with E-state index in [1.54, 1.807) is 27.5 Å². The maximum atomic E-state index is 12.0. The highest BCUT2D eigenvalue weighted by atomic mass is 16.5. The average molecular weight is 330 g/mol. The summed E-state index contributed by atoms with van der Waals surface area (Å²) in [6.07, 6.45) is 2.65. The van der Waals surface area contributed by atoms with Gasteiger partial charge in [0.1, 0.15) is 0 Å². The van der Waals surface area contributed by atoms with E-state index in [0.717, 1.165) is 11.3 Å². The first-order valence-electron chi connectivity index (χ1n) is 7.63. The van der Waals surface area contributed by atoms with Crippen molar-refractivity contribution in [2.45, 2.75) is 19.4 Å². The van der Waals surface area contributed by atoms with Crippen molar-refractivity contribution in [1.29, 1.82) is 0 Å². The average Bonchev–Trinajstić information content (AvgIpc) is 2.64. The van der Waals surface area contributed by atoms with E-state index in [0.29, 0.717) is 36.6 Å². The highest BCUT2D eigenvalue weighted by Gasteiger charge is 2.13. The molecule has 1 aromatic heterocycles. The van der Waals surface area contributed by atoms with E-state index in [2.05, 4.69) is 10.3 Å². The van der Waals surface area contributed by atoms with Gasteiger partial charge in [-0.05, 0) is 36.2 Å². The number of aromatic nitrogens is 1. The Bertz CT molecular complexity index is 649. The van der Waals surface area contributed by atoms with E-state index in [-0.39, 0.29) is 5.91 Å². The summed E-state index contributed by atoms with van der Waals surface area (Å²) in [6, 6.07) is 9.32. The Morgan fingerprint density at radius 2 is 1.79 bits per heavy atom. The third-order valence-electron chi connectivity index (χ3n) is 3.56. The second-order valence-corrected chi connectivity index (χ2v) is 5.13. The molecule has 0 spiro atoms. The Kier molecular flexibility index (Phi) is 6.42. The lowest BCUT2D eigenvalue weighted by atomic mass is 10.1. The SMILES string of the molecule is COc1cc(CCC(=O)NCc2ccccn2)cc(OC)c1OC.